The molecule has 0 aliphatic rings. The fourth-order valence-corrected chi connectivity index (χ4v) is 2.25. The third kappa shape index (κ3) is 3.13. The molecule has 3 rings (SSSR count). The minimum atomic E-state index is -0.731. The molecule has 0 saturated carbocycles. The fraction of sp³-hybridized carbons (Fsp3) is 0.125. The van der Waals surface area contributed by atoms with Crippen molar-refractivity contribution in [3.05, 3.63) is 64.6 Å². The van der Waals surface area contributed by atoms with Gasteiger partial charge in [-0.3, -0.25) is 9.36 Å². The van der Waals surface area contributed by atoms with Crippen molar-refractivity contribution in [2.24, 2.45) is 0 Å². The predicted molar refractivity (Wildman–Crippen MR) is 80.1 cm³/mol. The first kappa shape index (κ1) is 15.0. The van der Waals surface area contributed by atoms with Gasteiger partial charge in [0.05, 0.1) is 11.2 Å². The van der Waals surface area contributed by atoms with E-state index in [0.29, 0.717) is 11.1 Å². The number of halogens is 2. The van der Waals surface area contributed by atoms with E-state index in [1.165, 1.54) is 4.57 Å². The summed E-state index contributed by atoms with van der Waals surface area (Å²) in [6, 6.07) is 9.61. The molecule has 0 atom stereocenters. The number of fused-ring (bicyclic) bond motifs is 1. The van der Waals surface area contributed by atoms with Crippen LogP contribution in [-0.2, 0) is 11.3 Å². The summed E-state index contributed by atoms with van der Waals surface area (Å²) in [7, 11) is 0. The summed E-state index contributed by atoms with van der Waals surface area (Å²) in [4.78, 5) is 23.6. The Kier molecular flexibility index (Phi) is 3.92. The SMILES string of the molecule is O=C(CCn1c(=O)oc2ccccc21)Nc1cc(F)ccc1F. The van der Waals surface area contributed by atoms with Crippen LogP contribution in [0.5, 0.6) is 0 Å². The standard InChI is InChI=1S/C16H12F2N2O3/c17-10-5-6-11(18)12(9-10)19-15(21)7-8-20-13-3-1-2-4-14(13)23-16(20)22/h1-6,9H,7-8H2,(H,19,21). The molecule has 0 fully saturated rings. The Morgan fingerprint density at radius 1 is 1.17 bits per heavy atom. The van der Waals surface area contributed by atoms with Gasteiger partial charge in [-0.2, -0.15) is 0 Å². The molecule has 0 bridgehead atoms. The molecular formula is C16H12F2N2O3. The maximum Gasteiger partial charge on any atom is 0.419 e. The molecule has 23 heavy (non-hydrogen) atoms. The number of para-hydroxylation sites is 2. The molecule has 1 amide bonds. The summed E-state index contributed by atoms with van der Waals surface area (Å²) in [5.41, 5.74) is 0.760. The normalized spacial score (nSPS) is 10.9. The highest BCUT2D eigenvalue weighted by molar-refractivity contribution is 5.90. The number of aryl methyl sites for hydroxylation is 1. The topological polar surface area (TPSA) is 64.2 Å². The van der Waals surface area contributed by atoms with E-state index in [0.717, 1.165) is 18.2 Å². The number of carbonyl (C=O) groups excluding carboxylic acids is 1. The highest BCUT2D eigenvalue weighted by atomic mass is 19.1. The van der Waals surface area contributed by atoms with Crippen LogP contribution < -0.4 is 11.1 Å². The van der Waals surface area contributed by atoms with Crippen LogP contribution in [0.15, 0.2) is 51.7 Å². The molecule has 1 aromatic heterocycles. The van der Waals surface area contributed by atoms with Crippen LogP contribution in [0, 0.1) is 11.6 Å². The van der Waals surface area contributed by atoms with Crippen molar-refractivity contribution in [1.82, 2.24) is 4.57 Å². The highest BCUT2D eigenvalue weighted by Crippen LogP contribution is 2.16. The predicted octanol–water partition coefficient (Wildman–Crippen LogP) is 2.90. The maximum atomic E-state index is 13.5. The summed E-state index contributed by atoms with van der Waals surface area (Å²) in [6.45, 7) is 0.0681. The number of nitrogens with one attached hydrogen (secondary N) is 1. The van der Waals surface area contributed by atoms with Crippen LogP contribution >= 0.6 is 0 Å². The van der Waals surface area contributed by atoms with E-state index in [4.69, 9.17) is 4.42 Å². The number of benzene rings is 2. The molecule has 7 heteroatoms. The van der Waals surface area contributed by atoms with E-state index in [-0.39, 0.29) is 18.7 Å². The summed E-state index contributed by atoms with van der Waals surface area (Å²) in [6.07, 6.45) is -0.0839. The fourth-order valence-electron chi connectivity index (χ4n) is 2.25. The quantitative estimate of drug-likeness (QED) is 0.804. The van der Waals surface area contributed by atoms with Crippen molar-refractivity contribution < 1.29 is 18.0 Å². The maximum absolute atomic E-state index is 13.5. The molecule has 0 aliphatic heterocycles. The molecule has 1 heterocycles. The summed E-state index contributed by atoms with van der Waals surface area (Å²) in [5.74, 6) is -2.49. The van der Waals surface area contributed by atoms with E-state index >= 15 is 0 Å². The molecular weight excluding hydrogens is 306 g/mol. The lowest BCUT2D eigenvalue weighted by Crippen LogP contribution is -2.20. The lowest BCUT2D eigenvalue weighted by Gasteiger charge is -2.07. The van der Waals surface area contributed by atoms with Crippen molar-refractivity contribution in [3.8, 4) is 0 Å². The number of oxazole rings is 1. The molecule has 118 valence electrons. The first-order chi connectivity index (χ1) is 11.0. The van der Waals surface area contributed by atoms with Gasteiger partial charge >= 0.3 is 5.76 Å². The van der Waals surface area contributed by atoms with Gasteiger partial charge in [0.2, 0.25) is 5.91 Å². The van der Waals surface area contributed by atoms with Crippen molar-refractivity contribution in [2.45, 2.75) is 13.0 Å². The van der Waals surface area contributed by atoms with Crippen molar-refractivity contribution >= 4 is 22.7 Å². The average Bonchev–Trinajstić information content (AvgIpc) is 2.84. The molecule has 5 nitrogen and oxygen atoms in total. The van der Waals surface area contributed by atoms with Gasteiger partial charge in [-0.05, 0) is 24.3 Å². The van der Waals surface area contributed by atoms with E-state index in [1.807, 2.05) is 0 Å². The van der Waals surface area contributed by atoms with Crippen molar-refractivity contribution in [1.29, 1.82) is 0 Å². The molecule has 1 N–H and O–H groups in total. The molecule has 2 aromatic carbocycles. The van der Waals surface area contributed by atoms with Crippen LogP contribution in [0.2, 0.25) is 0 Å². The molecule has 0 spiro atoms. The zero-order chi connectivity index (χ0) is 16.4. The molecule has 0 aliphatic carbocycles. The van der Waals surface area contributed by atoms with Crippen molar-refractivity contribution in [3.63, 3.8) is 0 Å². The number of hydrogen-bond acceptors (Lipinski definition) is 3. The monoisotopic (exact) mass is 318 g/mol. The Balaban J connectivity index is 1.72. The van der Waals surface area contributed by atoms with Gasteiger partial charge in [0, 0.05) is 19.0 Å². The first-order valence-corrected chi connectivity index (χ1v) is 6.88. The number of rotatable bonds is 4. The number of anilines is 1. The summed E-state index contributed by atoms with van der Waals surface area (Å²) in [5, 5.41) is 2.28. The van der Waals surface area contributed by atoms with E-state index in [1.54, 1.807) is 24.3 Å². The third-order valence-corrected chi connectivity index (χ3v) is 3.34. The largest absolute Gasteiger partial charge is 0.419 e. The van der Waals surface area contributed by atoms with E-state index in [9.17, 15) is 18.4 Å². The highest BCUT2D eigenvalue weighted by Gasteiger charge is 2.12. The average molecular weight is 318 g/mol. The Hall–Kier alpha value is -2.96. The zero-order valence-electron chi connectivity index (χ0n) is 11.9. The smallest absolute Gasteiger partial charge is 0.408 e. The summed E-state index contributed by atoms with van der Waals surface area (Å²) < 4.78 is 32.9. The molecule has 0 unspecified atom stereocenters. The van der Waals surface area contributed by atoms with Crippen molar-refractivity contribution in [2.75, 3.05) is 5.32 Å². The number of carbonyl (C=O) groups is 1. The second-order valence-corrected chi connectivity index (χ2v) is 4.91. The van der Waals surface area contributed by atoms with Gasteiger partial charge < -0.3 is 9.73 Å². The number of amides is 1. The third-order valence-electron chi connectivity index (χ3n) is 3.34. The lowest BCUT2D eigenvalue weighted by atomic mass is 10.2. The van der Waals surface area contributed by atoms with Gasteiger partial charge in [0.1, 0.15) is 11.6 Å². The van der Waals surface area contributed by atoms with Gasteiger partial charge in [-0.25, -0.2) is 13.6 Å². The van der Waals surface area contributed by atoms with Crippen LogP contribution in [-0.4, -0.2) is 10.5 Å². The van der Waals surface area contributed by atoms with E-state index in [2.05, 4.69) is 5.32 Å². The van der Waals surface area contributed by atoms with Gasteiger partial charge in [0.15, 0.2) is 5.58 Å². The Labute approximate surface area is 129 Å². The summed E-state index contributed by atoms with van der Waals surface area (Å²) >= 11 is 0. The zero-order valence-corrected chi connectivity index (χ0v) is 11.9. The van der Waals surface area contributed by atoms with Gasteiger partial charge in [-0.15, -0.1) is 0 Å². The van der Waals surface area contributed by atoms with E-state index < -0.39 is 23.3 Å². The Morgan fingerprint density at radius 2 is 1.96 bits per heavy atom. The molecule has 0 radical (unpaired) electrons. The first-order valence-electron chi connectivity index (χ1n) is 6.88. The molecule has 0 saturated heterocycles. The van der Waals surface area contributed by atoms with Crippen LogP contribution in [0.1, 0.15) is 6.42 Å². The van der Waals surface area contributed by atoms with Gasteiger partial charge in [-0.1, -0.05) is 12.1 Å². The van der Waals surface area contributed by atoms with Crippen LogP contribution in [0.4, 0.5) is 14.5 Å². The number of hydrogen-bond donors (Lipinski definition) is 1. The second-order valence-electron chi connectivity index (χ2n) is 4.91. The Morgan fingerprint density at radius 3 is 2.78 bits per heavy atom. The minimum Gasteiger partial charge on any atom is -0.408 e. The minimum absolute atomic E-state index is 0.0681. The van der Waals surface area contributed by atoms with Crippen LogP contribution in [0.25, 0.3) is 11.1 Å². The second kappa shape index (κ2) is 6.04. The van der Waals surface area contributed by atoms with Crippen LogP contribution in [0.3, 0.4) is 0 Å². The number of aromatic nitrogens is 1. The molecule has 3 aromatic rings. The Bertz CT molecular complexity index is 930. The number of nitrogens with zero attached hydrogens (tertiary/aromatic N) is 1. The van der Waals surface area contributed by atoms with Gasteiger partial charge in [0.25, 0.3) is 0 Å². The lowest BCUT2D eigenvalue weighted by molar-refractivity contribution is -0.116.